The minimum absolute atomic E-state index is 0.693. The van der Waals surface area contributed by atoms with Crippen LogP contribution in [0.1, 0.15) is 16.8 Å². The second-order valence-electron chi connectivity index (χ2n) is 7.23. The van der Waals surface area contributed by atoms with Crippen LogP contribution in [0.4, 0.5) is 0 Å². The van der Waals surface area contributed by atoms with Gasteiger partial charge in [0.05, 0.1) is 23.9 Å². The van der Waals surface area contributed by atoms with Gasteiger partial charge in [-0.15, -0.1) is 0 Å². The first-order valence-electron chi connectivity index (χ1n) is 9.73. The standard InChI is InChI=1S/C24H17N5O/c1-2-4-21-19(18(3-1)16-7-10-30-14-16)12-22(27-21)23-20-11-17(13-26-24(20)29-28-23)15-5-8-25-9-6-15/h1-3,5-14,27H,4H2,(H,26,28,29). The summed E-state index contributed by atoms with van der Waals surface area (Å²) in [5.74, 6) is 0. The summed E-state index contributed by atoms with van der Waals surface area (Å²) in [7, 11) is 0. The van der Waals surface area contributed by atoms with Gasteiger partial charge in [-0.05, 0) is 41.5 Å². The molecule has 0 spiro atoms. The van der Waals surface area contributed by atoms with Crippen LogP contribution in [-0.2, 0) is 6.42 Å². The average Bonchev–Trinajstić information content (AvgIpc) is 3.52. The molecular weight excluding hydrogens is 374 g/mol. The maximum absolute atomic E-state index is 5.31. The van der Waals surface area contributed by atoms with Crippen molar-refractivity contribution in [2.24, 2.45) is 0 Å². The Labute approximate surface area is 172 Å². The van der Waals surface area contributed by atoms with E-state index < -0.39 is 0 Å². The van der Waals surface area contributed by atoms with Gasteiger partial charge in [0.15, 0.2) is 5.65 Å². The van der Waals surface area contributed by atoms with Gasteiger partial charge in [0.1, 0.15) is 0 Å². The predicted octanol–water partition coefficient (Wildman–Crippen LogP) is 5.15. The molecule has 6 heteroatoms. The van der Waals surface area contributed by atoms with Crippen molar-refractivity contribution >= 4 is 16.6 Å². The van der Waals surface area contributed by atoms with Crippen molar-refractivity contribution < 1.29 is 4.42 Å². The van der Waals surface area contributed by atoms with Gasteiger partial charge >= 0.3 is 0 Å². The molecule has 0 saturated carbocycles. The Balaban J connectivity index is 1.48. The van der Waals surface area contributed by atoms with Crippen molar-refractivity contribution in [1.82, 2.24) is 25.1 Å². The first-order valence-corrected chi connectivity index (χ1v) is 9.73. The number of furan rings is 1. The normalized spacial score (nSPS) is 13.3. The summed E-state index contributed by atoms with van der Waals surface area (Å²) in [5, 5.41) is 8.56. The monoisotopic (exact) mass is 391 g/mol. The average molecular weight is 391 g/mol. The van der Waals surface area contributed by atoms with E-state index in [0.29, 0.717) is 5.65 Å². The van der Waals surface area contributed by atoms with Crippen LogP contribution in [-0.4, -0.2) is 25.1 Å². The van der Waals surface area contributed by atoms with Crippen molar-refractivity contribution in [1.29, 1.82) is 0 Å². The third-order valence-electron chi connectivity index (χ3n) is 5.44. The van der Waals surface area contributed by atoms with E-state index in [1.54, 1.807) is 24.9 Å². The molecule has 6 rings (SSSR count). The summed E-state index contributed by atoms with van der Waals surface area (Å²) >= 11 is 0. The van der Waals surface area contributed by atoms with Crippen LogP contribution in [0, 0.1) is 0 Å². The van der Waals surface area contributed by atoms with Gasteiger partial charge in [0, 0.05) is 52.8 Å². The molecule has 0 unspecified atom stereocenters. The van der Waals surface area contributed by atoms with Crippen LogP contribution in [0.2, 0.25) is 0 Å². The van der Waals surface area contributed by atoms with E-state index in [2.05, 4.69) is 55.5 Å². The number of rotatable bonds is 3. The molecule has 0 saturated heterocycles. The van der Waals surface area contributed by atoms with Crippen molar-refractivity contribution in [2.75, 3.05) is 0 Å². The Morgan fingerprint density at radius 1 is 1.00 bits per heavy atom. The number of aromatic nitrogens is 5. The van der Waals surface area contributed by atoms with E-state index >= 15 is 0 Å². The molecule has 2 N–H and O–H groups in total. The van der Waals surface area contributed by atoms with Crippen molar-refractivity contribution in [2.45, 2.75) is 6.42 Å². The fraction of sp³-hybridized carbons (Fsp3) is 0.0417. The van der Waals surface area contributed by atoms with E-state index in [0.717, 1.165) is 56.7 Å². The first-order chi connectivity index (χ1) is 14.9. The number of hydrogen-bond acceptors (Lipinski definition) is 4. The Kier molecular flexibility index (Phi) is 3.74. The van der Waals surface area contributed by atoms with Gasteiger partial charge in [-0.25, -0.2) is 4.98 Å². The lowest BCUT2D eigenvalue weighted by atomic mass is 10.00. The lowest BCUT2D eigenvalue weighted by Crippen LogP contribution is -1.88. The predicted molar refractivity (Wildman–Crippen MR) is 116 cm³/mol. The highest BCUT2D eigenvalue weighted by Crippen LogP contribution is 2.35. The molecule has 5 aromatic heterocycles. The van der Waals surface area contributed by atoms with Crippen molar-refractivity contribution in [3.8, 4) is 22.5 Å². The second kappa shape index (κ2) is 6.70. The number of H-pyrrole nitrogens is 2. The van der Waals surface area contributed by atoms with Gasteiger partial charge in [0.2, 0.25) is 0 Å². The number of nitrogens with zero attached hydrogens (tertiary/aromatic N) is 3. The molecule has 6 nitrogen and oxygen atoms in total. The lowest BCUT2D eigenvalue weighted by Gasteiger charge is -2.03. The maximum atomic E-state index is 5.31. The third kappa shape index (κ3) is 2.69. The molecule has 0 atom stereocenters. The van der Waals surface area contributed by atoms with Crippen LogP contribution in [0.15, 0.2) is 84.1 Å². The Morgan fingerprint density at radius 2 is 1.93 bits per heavy atom. The van der Waals surface area contributed by atoms with Gasteiger partial charge in [-0.1, -0.05) is 18.2 Å². The molecule has 144 valence electrons. The zero-order valence-electron chi connectivity index (χ0n) is 16.0. The lowest BCUT2D eigenvalue weighted by molar-refractivity contribution is 0.566. The van der Waals surface area contributed by atoms with Gasteiger partial charge < -0.3 is 9.40 Å². The van der Waals surface area contributed by atoms with E-state index in [9.17, 15) is 0 Å². The molecule has 0 radical (unpaired) electrons. The quantitative estimate of drug-likeness (QED) is 0.445. The summed E-state index contributed by atoms with van der Waals surface area (Å²) in [4.78, 5) is 12.2. The SMILES string of the molecule is C1=CCc2[nH]c(-c3[nH]nc4ncc(-c5ccncc5)cc34)cc2C(c2ccoc2)=C1. The fourth-order valence-corrected chi connectivity index (χ4v) is 3.95. The Bertz CT molecular complexity index is 1400. The highest BCUT2D eigenvalue weighted by molar-refractivity contribution is 5.94. The smallest absolute Gasteiger partial charge is 0.181 e. The molecular formula is C24H17N5O. The summed E-state index contributed by atoms with van der Waals surface area (Å²) in [5.41, 5.74) is 9.23. The number of nitrogens with one attached hydrogen (secondary N) is 2. The van der Waals surface area contributed by atoms with Crippen molar-refractivity contribution in [3.05, 3.63) is 96.5 Å². The third-order valence-corrected chi connectivity index (χ3v) is 5.44. The molecule has 1 aliphatic carbocycles. The topological polar surface area (TPSA) is 83.4 Å². The summed E-state index contributed by atoms with van der Waals surface area (Å²) in [6.07, 6.45) is 16.1. The van der Waals surface area contributed by atoms with E-state index in [1.807, 2.05) is 24.4 Å². The maximum Gasteiger partial charge on any atom is 0.181 e. The summed E-state index contributed by atoms with van der Waals surface area (Å²) < 4.78 is 5.31. The molecule has 5 aromatic rings. The first kappa shape index (κ1) is 16.7. The minimum Gasteiger partial charge on any atom is -0.472 e. The molecule has 0 bridgehead atoms. The molecule has 0 amide bonds. The highest BCUT2D eigenvalue weighted by Gasteiger charge is 2.19. The highest BCUT2D eigenvalue weighted by atomic mass is 16.3. The van der Waals surface area contributed by atoms with Crippen LogP contribution in [0.5, 0.6) is 0 Å². The number of allylic oxidation sites excluding steroid dienone is 3. The Hall–Kier alpha value is -4.19. The molecule has 30 heavy (non-hydrogen) atoms. The molecule has 5 heterocycles. The molecule has 1 aliphatic rings. The van der Waals surface area contributed by atoms with Gasteiger partial charge in [-0.3, -0.25) is 10.1 Å². The molecule has 0 fully saturated rings. The van der Waals surface area contributed by atoms with Gasteiger partial charge in [0.25, 0.3) is 0 Å². The number of fused-ring (bicyclic) bond motifs is 2. The molecule has 0 aromatic carbocycles. The van der Waals surface area contributed by atoms with Crippen LogP contribution in [0.3, 0.4) is 0 Å². The van der Waals surface area contributed by atoms with Gasteiger partial charge in [-0.2, -0.15) is 5.10 Å². The fourth-order valence-electron chi connectivity index (χ4n) is 3.95. The summed E-state index contributed by atoms with van der Waals surface area (Å²) in [6.45, 7) is 0. The largest absolute Gasteiger partial charge is 0.472 e. The van der Waals surface area contributed by atoms with Crippen LogP contribution in [0.25, 0.3) is 39.1 Å². The Morgan fingerprint density at radius 3 is 2.80 bits per heavy atom. The van der Waals surface area contributed by atoms with E-state index in [1.165, 1.54) is 0 Å². The zero-order chi connectivity index (χ0) is 19.9. The van der Waals surface area contributed by atoms with Crippen LogP contribution >= 0.6 is 0 Å². The van der Waals surface area contributed by atoms with Crippen LogP contribution < -0.4 is 0 Å². The van der Waals surface area contributed by atoms with E-state index in [4.69, 9.17) is 4.42 Å². The van der Waals surface area contributed by atoms with E-state index in [-0.39, 0.29) is 0 Å². The number of pyridine rings is 2. The zero-order valence-corrected chi connectivity index (χ0v) is 16.0. The van der Waals surface area contributed by atoms with Crippen molar-refractivity contribution in [3.63, 3.8) is 0 Å². The second-order valence-corrected chi connectivity index (χ2v) is 7.23. The minimum atomic E-state index is 0.693. The molecule has 0 aliphatic heterocycles. The summed E-state index contributed by atoms with van der Waals surface area (Å²) in [6, 6.07) is 10.2. The number of aromatic amines is 2. The number of hydrogen-bond donors (Lipinski definition) is 2.